The van der Waals surface area contributed by atoms with Gasteiger partial charge in [-0.2, -0.15) is 0 Å². The number of fused-ring (bicyclic) bond motifs is 6. The fraction of sp³-hybridized carbons (Fsp3) is 0.0625. The van der Waals surface area contributed by atoms with E-state index < -0.39 is 0 Å². The quantitative estimate of drug-likeness (QED) is 0.184. The lowest BCUT2D eigenvalue weighted by Crippen LogP contribution is -2.14. The maximum absolute atomic E-state index is 5.23. The van der Waals surface area contributed by atoms with Gasteiger partial charge in [-0.1, -0.05) is 147 Å². The van der Waals surface area contributed by atoms with E-state index in [1.165, 1.54) is 49.6 Å². The monoisotopic (exact) mass is 666 g/mol. The van der Waals surface area contributed by atoms with Crippen LogP contribution >= 0.6 is 0 Å². The summed E-state index contributed by atoms with van der Waals surface area (Å²) in [4.78, 5) is 15.6. The predicted octanol–water partition coefficient (Wildman–Crippen LogP) is 11.9. The smallest absolute Gasteiger partial charge is 0.164 e. The molecular weight excluding hydrogens is 633 g/mol. The SMILES string of the molecule is CC1(C)c2ccccc2-c2c(-c3nc(-c4ccc(-c5ccccc5)cc4)nc(-c4ccc(-n5c6ccccc6c6ccccc65)cc4)n3)cccc21. The van der Waals surface area contributed by atoms with E-state index in [9.17, 15) is 0 Å². The first-order chi connectivity index (χ1) is 25.5. The van der Waals surface area contributed by atoms with Crippen molar-refractivity contribution in [3.63, 3.8) is 0 Å². The Morgan fingerprint density at radius 3 is 1.54 bits per heavy atom. The number of benzene rings is 7. The summed E-state index contributed by atoms with van der Waals surface area (Å²) in [6.45, 7) is 4.61. The Bertz CT molecular complexity index is 2740. The third kappa shape index (κ3) is 4.72. The Morgan fingerprint density at radius 1 is 0.385 bits per heavy atom. The molecule has 0 spiro atoms. The largest absolute Gasteiger partial charge is 0.309 e. The van der Waals surface area contributed by atoms with Gasteiger partial charge in [-0.3, -0.25) is 0 Å². The molecule has 7 aromatic carbocycles. The molecule has 2 heterocycles. The van der Waals surface area contributed by atoms with Crippen LogP contribution in [0.4, 0.5) is 0 Å². The Balaban J connectivity index is 1.13. The van der Waals surface area contributed by atoms with Gasteiger partial charge in [0.2, 0.25) is 0 Å². The van der Waals surface area contributed by atoms with Gasteiger partial charge in [0.25, 0.3) is 0 Å². The van der Waals surface area contributed by atoms with Crippen LogP contribution in [0.15, 0.2) is 170 Å². The number of nitrogens with zero attached hydrogens (tertiary/aromatic N) is 4. The Morgan fingerprint density at radius 2 is 0.865 bits per heavy atom. The summed E-state index contributed by atoms with van der Waals surface area (Å²) in [5.74, 6) is 1.96. The molecule has 4 heteroatoms. The second kappa shape index (κ2) is 11.7. The van der Waals surface area contributed by atoms with Gasteiger partial charge < -0.3 is 4.57 Å². The average molecular weight is 667 g/mol. The van der Waals surface area contributed by atoms with Crippen LogP contribution in [0.1, 0.15) is 25.0 Å². The molecule has 0 fully saturated rings. The molecule has 0 aliphatic heterocycles. The van der Waals surface area contributed by atoms with Crippen LogP contribution in [-0.4, -0.2) is 19.5 Å². The first-order valence-electron chi connectivity index (χ1n) is 17.8. The highest BCUT2D eigenvalue weighted by atomic mass is 15.0. The first-order valence-corrected chi connectivity index (χ1v) is 17.8. The van der Waals surface area contributed by atoms with Crippen molar-refractivity contribution in [2.75, 3.05) is 0 Å². The Labute approximate surface area is 302 Å². The minimum atomic E-state index is -0.128. The second-order valence-corrected chi connectivity index (χ2v) is 14.1. The molecule has 1 aliphatic rings. The lowest BCUT2D eigenvalue weighted by atomic mass is 9.82. The van der Waals surface area contributed by atoms with Crippen LogP contribution in [0.2, 0.25) is 0 Å². The molecule has 0 N–H and O–H groups in total. The third-order valence-corrected chi connectivity index (χ3v) is 10.7. The molecule has 0 unspecified atom stereocenters. The van der Waals surface area contributed by atoms with Gasteiger partial charge in [0.1, 0.15) is 0 Å². The molecule has 2 aromatic heterocycles. The lowest BCUT2D eigenvalue weighted by molar-refractivity contribution is 0.660. The van der Waals surface area contributed by atoms with Gasteiger partial charge in [0.05, 0.1) is 11.0 Å². The summed E-state index contributed by atoms with van der Waals surface area (Å²) < 4.78 is 2.33. The maximum atomic E-state index is 5.23. The molecule has 9 aromatic rings. The number of rotatable bonds is 5. The minimum absolute atomic E-state index is 0.128. The number of hydrogen-bond donors (Lipinski definition) is 0. The summed E-state index contributed by atoms with van der Waals surface area (Å²) in [5, 5.41) is 2.49. The van der Waals surface area contributed by atoms with Crippen LogP contribution in [0.5, 0.6) is 0 Å². The number of para-hydroxylation sites is 2. The van der Waals surface area contributed by atoms with Crippen molar-refractivity contribution in [1.29, 1.82) is 0 Å². The molecule has 0 amide bonds. The molecule has 52 heavy (non-hydrogen) atoms. The maximum Gasteiger partial charge on any atom is 0.164 e. The molecule has 10 rings (SSSR count). The lowest BCUT2D eigenvalue weighted by Gasteiger charge is -2.21. The first kappa shape index (κ1) is 30.2. The van der Waals surface area contributed by atoms with Crippen molar-refractivity contribution in [1.82, 2.24) is 19.5 Å². The molecule has 0 radical (unpaired) electrons. The van der Waals surface area contributed by atoms with E-state index in [0.29, 0.717) is 17.5 Å². The molecular formula is C48H34N4. The van der Waals surface area contributed by atoms with Gasteiger partial charge >= 0.3 is 0 Å². The molecule has 1 aliphatic carbocycles. The zero-order valence-electron chi connectivity index (χ0n) is 29.0. The van der Waals surface area contributed by atoms with E-state index in [1.807, 2.05) is 6.07 Å². The highest BCUT2D eigenvalue weighted by Gasteiger charge is 2.37. The van der Waals surface area contributed by atoms with Crippen molar-refractivity contribution < 1.29 is 0 Å². The summed E-state index contributed by atoms with van der Waals surface area (Å²) in [6.07, 6.45) is 0. The highest BCUT2D eigenvalue weighted by molar-refractivity contribution is 6.09. The number of aromatic nitrogens is 4. The molecule has 0 saturated heterocycles. The summed E-state index contributed by atoms with van der Waals surface area (Å²) >= 11 is 0. The Kier molecular flexibility index (Phi) is 6.80. The molecule has 0 saturated carbocycles. The van der Waals surface area contributed by atoms with Crippen molar-refractivity contribution in [3.05, 3.63) is 181 Å². The van der Waals surface area contributed by atoms with Gasteiger partial charge in [0.15, 0.2) is 17.5 Å². The fourth-order valence-corrected chi connectivity index (χ4v) is 8.10. The summed E-state index contributed by atoms with van der Waals surface area (Å²) in [7, 11) is 0. The molecule has 4 nitrogen and oxygen atoms in total. The third-order valence-electron chi connectivity index (χ3n) is 10.7. The van der Waals surface area contributed by atoms with Crippen LogP contribution in [-0.2, 0) is 5.41 Å². The topological polar surface area (TPSA) is 43.6 Å². The minimum Gasteiger partial charge on any atom is -0.309 e. The molecule has 0 atom stereocenters. The van der Waals surface area contributed by atoms with Crippen LogP contribution in [0, 0.1) is 0 Å². The van der Waals surface area contributed by atoms with Gasteiger partial charge in [-0.25, -0.2) is 15.0 Å². The van der Waals surface area contributed by atoms with E-state index in [2.05, 4.69) is 182 Å². The van der Waals surface area contributed by atoms with E-state index in [0.717, 1.165) is 27.9 Å². The van der Waals surface area contributed by atoms with E-state index in [-0.39, 0.29) is 5.41 Å². The predicted molar refractivity (Wildman–Crippen MR) is 213 cm³/mol. The van der Waals surface area contributed by atoms with Gasteiger partial charge in [0, 0.05) is 38.6 Å². The normalized spacial score (nSPS) is 13.0. The zero-order valence-corrected chi connectivity index (χ0v) is 29.0. The average Bonchev–Trinajstić information content (AvgIpc) is 3.67. The molecule has 246 valence electrons. The van der Waals surface area contributed by atoms with Gasteiger partial charge in [-0.15, -0.1) is 0 Å². The fourth-order valence-electron chi connectivity index (χ4n) is 8.10. The van der Waals surface area contributed by atoms with E-state index >= 15 is 0 Å². The van der Waals surface area contributed by atoms with Crippen LogP contribution in [0.3, 0.4) is 0 Å². The summed E-state index contributed by atoms with van der Waals surface area (Å²) in [6, 6.07) is 60.0. The standard InChI is InChI=1S/C48H34N4/c1-48(2)40-19-9-6-17-38(40)44-39(18-12-20-41(44)48)47-50-45(33-25-23-32(24-26-33)31-13-4-3-5-14-31)49-46(51-47)34-27-29-35(30-28-34)52-42-21-10-7-15-36(42)37-16-8-11-22-43(37)52/h3-30H,1-2H3. The van der Waals surface area contributed by atoms with Crippen molar-refractivity contribution in [2.24, 2.45) is 0 Å². The Hall–Kier alpha value is -6.65. The number of hydrogen-bond acceptors (Lipinski definition) is 3. The van der Waals surface area contributed by atoms with E-state index in [1.54, 1.807) is 0 Å². The van der Waals surface area contributed by atoms with Crippen molar-refractivity contribution >= 4 is 21.8 Å². The zero-order chi connectivity index (χ0) is 34.8. The summed E-state index contributed by atoms with van der Waals surface area (Å²) in [5.41, 5.74) is 13.6. The van der Waals surface area contributed by atoms with Crippen LogP contribution in [0.25, 0.3) is 83.9 Å². The van der Waals surface area contributed by atoms with Crippen molar-refractivity contribution in [3.8, 4) is 62.1 Å². The van der Waals surface area contributed by atoms with Crippen LogP contribution < -0.4 is 0 Å². The molecule has 0 bridgehead atoms. The highest BCUT2D eigenvalue weighted by Crippen LogP contribution is 2.51. The second-order valence-electron chi connectivity index (χ2n) is 14.1. The van der Waals surface area contributed by atoms with Crippen molar-refractivity contribution in [2.45, 2.75) is 19.3 Å². The van der Waals surface area contributed by atoms with Gasteiger partial charge in [-0.05, 0) is 69.8 Å². The van der Waals surface area contributed by atoms with E-state index in [4.69, 9.17) is 15.0 Å².